The molecule has 0 saturated heterocycles. The Kier molecular flexibility index (Phi) is 8.12. The Morgan fingerprint density at radius 2 is 1.65 bits per heavy atom. The predicted molar refractivity (Wildman–Crippen MR) is 134 cm³/mol. The Bertz CT molecular complexity index is 1470. The van der Waals surface area contributed by atoms with E-state index in [1.807, 2.05) is 18.4 Å². The number of aryl methyl sites for hydroxylation is 1. The third-order valence-electron chi connectivity index (χ3n) is 5.36. The third-order valence-corrected chi connectivity index (χ3v) is 9.39. The van der Waals surface area contributed by atoms with Gasteiger partial charge >= 0.3 is 0 Å². The van der Waals surface area contributed by atoms with Gasteiger partial charge in [-0.15, -0.1) is 0 Å². The SMILES string of the molecule is CCCCN(C)S(=O)(=O)c1ccc(C(=O)N=c2sc3cc(S(C)(=O)=O)ccc3n2CCC)cc1. The highest BCUT2D eigenvalue weighted by Gasteiger charge is 2.20. The van der Waals surface area contributed by atoms with Crippen LogP contribution in [0.4, 0.5) is 0 Å². The molecule has 0 aliphatic heterocycles. The number of aromatic nitrogens is 1. The molecule has 0 aliphatic rings. The number of benzene rings is 2. The standard InChI is InChI=1S/C23H29N3O5S3/c1-5-7-15-25(3)34(30,31)18-10-8-17(9-11-18)22(27)24-23-26(14-6-2)20-13-12-19(33(4,28)29)16-21(20)32-23/h8-13,16H,5-7,14-15H2,1-4H3. The molecule has 2 aromatic carbocycles. The van der Waals surface area contributed by atoms with Crippen molar-refractivity contribution >= 4 is 47.3 Å². The molecule has 0 atom stereocenters. The van der Waals surface area contributed by atoms with Crippen molar-refractivity contribution in [1.82, 2.24) is 8.87 Å². The number of nitrogens with zero attached hydrogens (tertiary/aromatic N) is 3. The first-order valence-electron chi connectivity index (χ1n) is 11.0. The molecule has 1 heterocycles. The van der Waals surface area contributed by atoms with Crippen molar-refractivity contribution in [3.05, 3.63) is 52.8 Å². The first kappa shape index (κ1) is 26.3. The minimum atomic E-state index is -3.62. The Hall–Kier alpha value is -2.34. The number of rotatable bonds is 9. The fourth-order valence-electron chi connectivity index (χ4n) is 3.41. The maximum absolute atomic E-state index is 12.9. The maximum Gasteiger partial charge on any atom is 0.279 e. The normalized spacial score (nSPS) is 13.1. The summed E-state index contributed by atoms with van der Waals surface area (Å²) in [4.78, 5) is 18.0. The Labute approximate surface area is 204 Å². The molecule has 0 spiro atoms. The van der Waals surface area contributed by atoms with E-state index in [0.717, 1.165) is 35.7 Å². The minimum Gasteiger partial charge on any atom is -0.316 e. The molecular formula is C23H29N3O5S3. The second-order valence-electron chi connectivity index (χ2n) is 8.06. The van der Waals surface area contributed by atoms with E-state index in [4.69, 9.17) is 0 Å². The number of unbranched alkanes of at least 4 members (excludes halogenated alkanes) is 1. The fraction of sp³-hybridized carbons (Fsp3) is 0.391. The van der Waals surface area contributed by atoms with Gasteiger partial charge in [0.1, 0.15) is 0 Å². The molecule has 34 heavy (non-hydrogen) atoms. The highest BCUT2D eigenvalue weighted by Crippen LogP contribution is 2.22. The van der Waals surface area contributed by atoms with Gasteiger partial charge in [-0.1, -0.05) is 31.6 Å². The summed E-state index contributed by atoms with van der Waals surface area (Å²) >= 11 is 1.24. The summed E-state index contributed by atoms with van der Waals surface area (Å²) in [6.07, 6.45) is 3.62. The first-order chi connectivity index (χ1) is 16.0. The molecule has 8 nitrogen and oxygen atoms in total. The summed E-state index contributed by atoms with van der Waals surface area (Å²) < 4.78 is 53.2. The van der Waals surface area contributed by atoms with Gasteiger partial charge in [0.05, 0.1) is 20.0 Å². The van der Waals surface area contributed by atoms with Gasteiger partial charge in [-0.25, -0.2) is 21.1 Å². The van der Waals surface area contributed by atoms with Crippen molar-refractivity contribution in [3.8, 4) is 0 Å². The molecule has 184 valence electrons. The fourth-order valence-corrected chi connectivity index (χ4v) is 6.44. The van der Waals surface area contributed by atoms with Crippen LogP contribution in [0.3, 0.4) is 0 Å². The molecular weight excluding hydrogens is 494 g/mol. The first-order valence-corrected chi connectivity index (χ1v) is 15.1. The number of carbonyl (C=O) groups excluding carboxylic acids is 1. The number of thiazole rings is 1. The molecule has 0 radical (unpaired) electrons. The lowest BCUT2D eigenvalue weighted by atomic mass is 10.2. The van der Waals surface area contributed by atoms with E-state index in [-0.39, 0.29) is 15.4 Å². The van der Waals surface area contributed by atoms with Crippen molar-refractivity contribution < 1.29 is 21.6 Å². The number of carbonyl (C=O) groups is 1. The predicted octanol–water partition coefficient (Wildman–Crippen LogP) is 3.68. The molecule has 3 rings (SSSR count). The smallest absolute Gasteiger partial charge is 0.279 e. The van der Waals surface area contributed by atoms with E-state index in [9.17, 15) is 21.6 Å². The van der Waals surface area contributed by atoms with Gasteiger partial charge in [-0.2, -0.15) is 4.99 Å². The Morgan fingerprint density at radius 1 is 1.00 bits per heavy atom. The maximum atomic E-state index is 12.9. The summed E-state index contributed by atoms with van der Waals surface area (Å²) in [6, 6.07) is 10.7. The molecule has 0 unspecified atom stereocenters. The van der Waals surface area contributed by atoms with Crippen LogP contribution >= 0.6 is 11.3 Å². The van der Waals surface area contributed by atoms with Crippen molar-refractivity contribution in [2.75, 3.05) is 19.8 Å². The zero-order chi connectivity index (χ0) is 25.1. The van der Waals surface area contributed by atoms with Crippen molar-refractivity contribution in [2.24, 2.45) is 4.99 Å². The van der Waals surface area contributed by atoms with Crippen LogP contribution in [0.5, 0.6) is 0 Å². The largest absolute Gasteiger partial charge is 0.316 e. The number of hydrogen-bond donors (Lipinski definition) is 0. The highest BCUT2D eigenvalue weighted by atomic mass is 32.2. The molecule has 3 aromatic rings. The van der Waals surface area contributed by atoms with Gasteiger partial charge in [0.2, 0.25) is 10.0 Å². The zero-order valence-corrected chi connectivity index (χ0v) is 22.1. The highest BCUT2D eigenvalue weighted by molar-refractivity contribution is 7.90. The Balaban J connectivity index is 1.97. The molecule has 0 saturated carbocycles. The van der Waals surface area contributed by atoms with Crippen LogP contribution in [0.15, 0.2) is 57.2 Å². The summed E-state index contributed by atoms with van der Waals surface area (Å²) in [5.41, 5.74) is 1.08. The van der Waals surface area contributed by atoms with E-state index in [1.165, 1.54) is 39.9 Å². The lowest BCUT2D eigenvalue weighted by Gasteiger charge is -2.16. The average molecular weight is 524 g/mol. The van der Waals surface area contributed by atoms with Gasteiger partial charge in [-0.3, -0.25) is 4.79 Å². The van der Waals surface area contributed by atoms with Crippen molar-refractivity contribution in [1.29, 1.82) is 0 Å². The molecule has 11 heteroatoms. The number of sulfone groups is 1. The van der Waals surface area contributed by atoms with Crippen LogP contribution < -0.4 is 4.80 Å². The van der Waals surface area contributed by atoms with Crippen LogP contribution in [-0.2, 0) is 26.4 Å². The number of hydrogen-bond acceptors (Lipinski definition) is 6. The molecule has 1 amide bonds. The second-order valence-corrected chi connectivity index (χ2v) is 13.1. The lowest BCUT2D eigenvalue weighted by molar-refractivity contribution is 0.0997. The minimum absolute atomic E-state index is 0.124. The summed E-state index contributed by atoms with van der Waals surface area (Å²) in [5.74, 6) is -0.497. The third kappa shape index (κ3) is 5.65. The van der Waals surface area contributed by atoms with Crippen molar-refractivity contribution in [2.45, 2.75) is 49.4 Å². The van der Waals surface area contributed by atoms with E-state index in [0.29, 0.717) is 17.9 Å². The number of sulfonamides is 1. The van der Waals surface area contributed by atoms with E-state index < -0.39 is 25.8 Å². The quantitative estimate of drug-likeness (QED) is 0.425. The molecule has 0 aliphatic carbocycles. The van der Waals surface area contributed by atoms with Gasteiger partial charge < -0.3 is 4.57 Å². The van der Waals surface area contributed by atoms with E-state index >= 15 is 0 Å². The summed E-state index contributed by atoms with van der Waals surface area (Å²) in [5, 5.41) is 0. The van der Waals surface area contributed by atoms with Gasteiger partial charge in [-0.05, 0) is 55.3 Å². The van der Waals surface area contributed by atoms with Crippen LogP contribution in [-0.4, -0.2) is 51.5 Å². The van der Waals surface area contributed by atoms with Gasteiger partial charge in [0.15, 0.2) is 14.6 Å². The van der Waals surface area contributed by atoms with Gasteiger partial charge in [0.25, 0.3) is 5.91 Å². The van der Waals surface area contributed by atoms with Gasteiger partial charge in [0, 0.05) is 32.0 Å². The van der Waals surface area contributed by atoms with Crippen LogP contribution in [0.25, 0.3) is 10.2 Å². The number of fused-ring (bicyclic) bond motifs is 1. The zero-order valence-electron chi connectivity index (χ0n) is 19.7. The van der Waals surface area contributed by atoms with E-state index in [1.54, 1.807) is 25.2 Å². The molecule has 0 fully saturated rings. The lowest BCUT2D eigenvalue weighted by Crippen LogP contribution is -2.27. The van der Waals surface area contributed by atoms with Crippen LogP contribution in [0, 0.1) is 0 Å². The summed E-state index contributed by atoms with van der Waals surface area (Å²) in [7, 11) is -5.43. The topological polar surface area (TPSA) is 106 Å². The molecule has 1 aromatic heterocycles. The van der Waals surface area contributed by atoms with Crippen LogP contribution in [0.2, 0.25) is 0 Å². The second kappa shape index (κ2) is 10.5. The summed E-state index contributed by atoms with van der Waals surface area (Å²) in [6.45, 7) is 5.05. The monoisotopic (exact) mass is 523 g/mol. The van der Waals surface area contributed by atoms with Crippen LogP contribution in [0.1, 0.15) is 43.5 Å². The van der Waals surface area contributed by atoms with E-state index in [2.05, 4.69) is 4.99 Å². The molecule has 0 bridgehead atoms. The average Bonchev–Trinajstić information content (AvgIpc) is 3.13. The molecule has 0 N–H and O–H groups in total. The number of amides is 1. The van der Waals surface area contributed by atoms with Crippen molar-refractivity contribution in [3.63, 3.8) is 0 Å². The Morgan fingerprint density at radius 3 is 2.24 bits per heavy atom.